The van der Waals surface area contributed by atoms with Gasteiger partial charge in [-0.05, 0) is 36.6 Å². The molecule has 3 rings (SSSR count). The number of methoxy groups -OCH3 is 1. The molecule has 1 N–H and O–H groups in total. The summed E-state index contributed by atoms with van der Waals surface area (Å²) in [4.78, 5) is 12.8. The zero-order valence-corrected chi connectivity index (χ0v) is 17.1. The van der Waals surface area contributed by atoms with Crippen molar-refractivity contribution in [2.75, 3.05) is 7.11 Å². The molecule has 5 nitrogen and oxygen atoms in total. The van der Waals surface area contributed by atoms with Gasteiger partial charge >= 0.3 is 0 Å². The molecule has 28 heavy (non-hydrogen) atoms. The fourth-order valence-electron chi connectivity index (χ4n) is 3.16. The van der Waals surface area contributed by atoms with E-state index in [1.165, 1.54) is 0 Å². The third kappa shape index (κ3) is 4.61. The predicted molar refractivity (Wildman–Crippen MR) is 111 cm³/mol. The lowest BCUT2D eigenvalue weighted by molar-refractivity contribution is 0.0949. The second-order valence-electron chi connectivity index (χ2n) is 6.73. The molecule has 0 fully saturated rings. The van der Waals surface area contributed by atoms with E-state index in [9.17, 15) is 4.79 Å². The minimum Gasteiger partial charge on any atom is -0.380 e. The zero-order chi connectivity index (χ0) is 20.1. The van der Waals surface area contributed by atoms with Gasteiger partial charge in [0, 0.05) is 24.4 Å². The lowest BCUT2D eigenvalue weighted by Gasteiger charge is -2.08. The minimum absolute atomic E-state index is 0.124. The minimum atomic E-state index is -0.124. The fourth-order valence-corrected chi connectivity index (χ4v) is 3.35. The number of carbonyl (C=O) groups is 1. The maximum absolute atomic E-state index is 12.8. The van der Waals surface area contributed by atoms with Crippen molar-refractivity contribution in [2.24, 2.45) is 0 Å². The van der Waals surface area contributed by atoms with Gasteiger partial charge < -0.3 is 10.1 Å². The molecule has 0 saturated carbocycles. The van der Waals surface area contributed by atoms with Gasteiger partial charge in [-0.3, -0.25) is 9.48 Å². The number of ether oxygens (including phenoxy) is 1. The highest BCUT2D eigenvalue weighted by molar-refractivity contribution is 6.31. The molecule has 1 amide bonds. The van der Waals surface area contributed by atoms with Gasteiger partial charge in [0.05, 0.1) is 24.4 Å². The number of rotatable bonds is 7. The number of benzene rings is 2. The highest BCUT2D eigenvalue weighted by Crippen LogP contribution is 2.19. The van der Waals surface area contributed by atoms with Crippen molar-refractivity contribution < 1.29 is 9.53 Å². The Balaban J connectivity index is 1.70. The molecule has 0 atom stereocenters. The number of carbonyl (C=O) groups excluding carboxylic acids is 1. The number of hydrogen-bond donors (Lipinski definition) is 1. The second kappa shape index (κ2) is 9.04. The van der Waals surface area contributed by atoms with Crippen molar-refractivity contribution in [3.8, 4) is 0 Å². The Morgan fingerprint density at radius 1 is 1.11 bits per heavy atom. The highest BCUT2D eigenvalue weighted by Gasteiger charge is 2.19. The monoisotopic (exact) mass is 397 g/mol. The molecular weight excluding hydrogens is 374 g/mol. The summed E-state index contributed by atoms with van der Waals surface area (Å²) in [5, 5.41) is 8.22. The Bertz CT molecular complexity index is 964. The van der Waals surface area contributed by atoms with E-state index in [1.54, 1.807) is 7.11 Å². The van der Waals surface area contributed by atoms with Crippen LogP contribution in [0.2, 0.25) is 5.02 Å². The normalized spacial score (nSPS) is 10.9. The van der Waals surface area contributed by atoms with Crippen LogP contribution in [-0.2, 0) is 24.4 Å². The van der Waals surface area contributed by atoms with E-state index in [1.807, 2.05) is 67.1 Å². The van der Waals surface area contributed by atoms with Crippen molar-refractivity contribution in [3.05, 3.63) is 87.2 Å². The predicted octanol–water partition coefficient (Wildman–Crippen LogP) is 4.28. The first-order valence-corrected chi connectivity index (χ1v) is 9.49. The van der Waals surface area contributed by atoms with E-state index in [2.05, 4.69) is 10.4 Å². The number of nitrogens with one attached hydrogen (secondary N) is 1. The molecule has 2 aromatic carbocycles. The Kier molecular flexibility index (Phi) is 6.49. The van der Waals surface area contributed by atoms with E-state index in [4.69, 9.17) is 16.3 Å². The molecule has 0 radical (unpaired) electrons. The zero-order valence-electron chi connectivity index (χ0n) is 16.3. The van der Waals surface area contributed by atoms with Crippen molar-refractivity contribution in [2.45, 2.75) is 33.5 Å². The SMILES string of the molecule is COCc1ccc(CNC(=O)c2c(C)nn(Cc3ccccc3Cl)c2C)cc1. The average molecular weight is 398 g/mol. The van der Waals surface area contributed by atoms with Gasteiger partial charge in [0.1, 0.15) is 0 Å². The Hall–Kier alpha value is -2.63. The van der Waals surface area contributed by atoms with Crippen molar-refractivity contribution in [1.29, 1.82) is 0 Å². The van der Waals surface area contributed by atoms with Gasteiger partial charge in [-0.1, -0.05) is 54.1 Å². The Morgan fingerprint density at radius 2 is 1.79 bits per heavy atom. The average Bonchev–Trinajstić information content (AvgIpc) is 2.96. The van der Waals surface area contributed by atoms with Crippen LogP contribution in [-0.4, -0.2) is 22.8 Å². The summed E-state index contributed by atoms with van der Waals surface area (Å²) >= 11 is 6.26. The van der Waals surface area contributed by atoms with Crippen LogP contribution in [0.1, 0.15) is 38.4 Å². The molecule has 0 aliphatic heterocycles. The standard InChI is InChI=1S/C22H24ClN3O2/c1-15-21(16(2)26(25-15)13-19-6-4-5-7-20(19)23)22(27)24-12-17-8-10-18(11-9-17)14-28-3/h4-11H,12-14H2,1-3H3,(H,24,27). The molecule has 0 bridgehead atoms. The molecule has 0 aliphatic rings. The van der Waals surface area contributed by atoms with Crippen LogP contribution in [0.25, 0.3) is 0 Å². The van der Waals surface area contributed by atoms with Crippen LogP contribution in [0, 0.1) is 13.8 Å². The fraction of sp³-hybridized carbons (Fsp3) is 0.273. The number of aryl methyl sites for hydroxylation is 1. The molecule has 6 heteroatoms. The third-order valence-corrected chi connectivity index (χ3v) is 5.04. The summed E-state index contributed by atoms with van der Waals surface area (Å²) in [6.45, 7) is 5.33. The van der Waals surface area contributed by atoms with Crippen LogP contribution in [0.4, 0.5) is 0 Å². The van der Waals surface area contributed by atoms with Crippen molar-refractivity contribution in [1.82, 2.24) is 15.1 Å². The number of halogens is 1. The number of amides is 1. The second-order valence-corrected chi connectivity index (χ2v) is 7.13. The van der Waals surface area contributed by atoms with Crippen LogP contribution < -0.4 is 5.32 Å². The number of hydrogen-bond acceptors (Lipinski definition) is 3. The Morgan fingerprint density at radius 3 is 2.46 bits per heavy atom. The van der Waals surface area contributed by atoms with Gasteiger partial charge in [-0.25, -0.2) is 0 Å². The summed E-state index contributed by atoms with van der Waals surface area (Å²) in [5.74, 6) is -0.124. The van der Waals surface area contributed by atoms with Gasteiger partial charge in [0.2, 0.25) is 0 Å². The summed E-state index contributed by atoms with van der Waals surface area (Å²) < 4.78 is 6.94. The summed E-state index contributed by atoms with van der Waals surface area (Å²) in [5.41, 5.74) is 5.25. The Labute approximate surface area is 170 Å². The van der Waals surface area contributed by atoms with Gasteiger partial charge in [-0.2, -0.15) is 5.10 Å². The first-order chi connectivity index (χ1) is 13.5. The lowest BCUT2D eigenvalue weighted by atomic mass is 10.1. The highest BCUT2D eigenvalue weighted by atomic mass is 35.5. The van der Waals surface area contributed by atoms with Gasteiger partial charge in [0.15, 0.2) is 0 Å². The van der Waals surface area contributed by atoms with E-state index < -0.39 is 0 Å². The maximum Gasteiger partial charge on any atom is 0.255 e. The van der Waals surface area contributed by atoms with E-state index in [-0.39, 0.29) is 5.91 Å². The molecule has 146 valence electrons. The molecule has 1 heterocycles. The lowest BCUT2D eigenvalue weighted by Crippen LogP contribution is -2.24. The first kappa shape index (κ1) is 20.1. The van der Waals surface area contributed by atoms with Crippen LogP contribution in [0.15, 0.2) is 48.5 Å². The first-order valence-electron chi connectivity index (χ1n) is 9.12. The van der Waals surface area contributed by atoms with E-state index in [0.29, 0.717) is 36.0 Å². The molecule has 0 aliphatic carbocycles. The van der Waals surface area contributed by atoms with Crippen LogP contribution >= 0.6 is 11.6 Å². The molecule has 3 aromatic rings. The summed E-state index contributed by atoms with van der Waals surface area (Å²) in [6, 6.07) is 15.7. The molecule has 0 saturated heterocycles. The van der Waals surface area contributed by atoms with Crippen LogP contribution in [0.5, 0.6) is 0 Å². The molecule has 0 spiro atoms. The molecular formula is C22H24ClN3O2. The van der Waals surface area contributed by atoms with Crippen molar-refractivity contribution in [3.63, 3.8) is 0 Å². The topological polar surface area (TPSA) is 56.1 Å². The third-order valence-electron chi connectivity index (χ3n) is 4.67. The quantitative estimate of drug-likeness (QED) is 0.647. The number of aromatic nitrogens is 2. The van der Waals surface area contributed by atoms with Gasteiger partial charge in [0.25, 0.3) is 5.91 Å². The molecule has 0 unspecified atom stereocenters. The van der Waals surface area contributed by atoms with Gasteiger partial charge in [-0.15, -0.1) is 0 Å². The smallest absolute Gasteiger partial charge is 0.255 e. The largest absolute Gasteiger partial charge is 0.380 e. The summed E-state index contributed by atoms with van der Waals surface area (Å²) in [6.07, 6.45) is 0. The van der Waals surface area contributed by atoms with Crippen LogP contribution in [0.3, 0.4) is 0 Å². The van der Waals surface area contributed by atoms with Crippen molar-refractivity contribution >= 4 is 17.5 Å². The maximum atomic E-state index is 12.8. The number of nitrogens with zero attached hydrogens (tertiary/aromatic N) is 2. The molecule has 1 aromatic heterocycles. The van der Waals surface area contributed by atoms with E-state index >= 15 is 0 Å². The van der Waals surface area contributed by atoms with E-state index in [0.717, 1.165) is 22.4 Å². The summed E-state index contributed by atoms with van der Waals surface area (Å²) in [7, 11) is 1.67.